The lowest BCUT2D eigenvalue weighted by atomic mass is 9.94. The molecular weight excluding hydrogens is 261 g/mol. The SMILES string of the molecule is [B]c1ccc(Cc2c(C)c(O)c3ccccc3c2O)nc1. The molecule has 0 bridgehead atoms. The fourth-order valence-electron chi connectivity index (χ4n) is 2.52. The molecule has 3 nitrogen and oxygen atoms in total. The molecule has 1 heterocycles. The van der Waals surface area contributed by atoms with Crippen molar-refractivity contribution in [1.29, 1.82) is 0 Å². The first kappa shape index (κ1) is 13.5. The van der Waals surface area contributed by atoms with Crippen LogP contribution in [-0.4, -0.2) is 23.0 Å². The molecule has 1 aromatic heterocycles. The van der Waals surface area contributed by atoms with Gasteiger partial charge in [-0.1, -0.05) is 35.8 Å². The average Bonchev–Trinajstić information content (AvgIpc) is 2.51. The maximum atomic E-state index is 10.5. The molecule has 0 fully saturated rings. The molecule has 0 spiro atoms. The average molecular weight is 275 g/mol. The van der Waals surface area contributed by atoms with Crippen LogP contribution in [-0.2, 0) is 6.42 Å². The smallest absolute Gasteiger partial charge is 0.127 e. The van der Waals surface area contributed by atoms with Gasteiger partial charge >= 0.3 is 0 Å². The van der Waals surface area contributed by atoms with Gasteiger partial charge in [0.15, 0.2) is 0 Å². The zero-order valence-electron chi connectivity index (χ0n) is 11.7. The molecule has 4 heteroatoms. The van der Waals surface area contributed by atoms with Gasteiger partial charge in [-0.05, 0) is 18.6 Å². The highest BCUT2D eigenvalue weighted by Gasteiger charge is 2.16. The number of fused-ring (bicyclic) bond motifs is 1. The van der Waals surface area contributed by atoms with Crippen LogP contribution in [0.2, 0.25) is 0 Å². The second kappa shape index (κ2) is 5.13. The quantitative estimate of drug-likeness (QED) is 0.557. The van der Waals surface area contributed by atoms with E-state index in [2.05, 4.69) is 4.98 Å². The summed E-state index contributed by atoms with van der Waals surface area (Å²) in [5, 5.41) is 22.1. The lowest BCUT2D eigenvalue weighted by molar-refractivity contribution is 0.461. The highest BCUT2D eigenvalue weighted by atomic mass is 16.3. The number of aromatic nitrogens is 1. The van der Waals surface area contributed by atoms with Crippen LogP contribution in [0.25, 0.3) is 10.8 Å². The molecule has 2 N–H and O–H groups in total. The van der Waals surface area contributed by atoms with Crippen LogP contribution in [0.1, 0.15) is 16.8 Å². The summed E-state index contributed by atoms with van der Waals surface area (Å²) in [6, 6.07) is 10.9. The van der Waals surface area contributed by atoms with Gasteiger partial charge in [0, 0.05) is 34.6 Å². The zero-order valence-corrected chi connectivity index (χ0v) is 11.7. The first-order chi connectivity index (χ1) is 10.1. The van der Waals surface area contributed by atoms with Gasteiger partial charge in [-0.25, -0.2) is 0 Å². The van der Waals surface area contributed by atoms with Crippen LogP contribution in [0.15, 0.2) is 42.6 Å². The summed E-state index contributed by atoms with van der Waals surface area (Å²) in [5.41, 5.74) is 2.74. The third kappa shape index (κ3) is 2.33. The van der Waals surface area contributed by atoms with E-state index in [-0.39, 0.29) is 11.5 Å². The molecule has 0 atom stereocenters. The highest BCUT2D eigenvalue weighted by Crippen LogP contribution is 2.39. The number of phenols is 2. The van der Waals surface area contributed by atoms with Crippen molar-refractivity contribution in [2.45, 2.75) is 13.3 Å². The minimum Gasteiger partial charge on any atom is -0.507 e. The third-order valence-electron chi connectivity index (χ3n) is 3.74. The normalized spacial score (nSPS) is 10.9. The van der Waals surface area contributed by atoms with Crippen molar-refractivity contribution >= 4 is 24.1 Å². The molecule has 2 aromatic carbocycles. The van der Waals surface area contributed by atoms with Crippen molar-refractivity contribution in [1.82, 2.24) is 4.98 Å². The van der Waals surface area contributed by atoms with Gasteiger partial charge in [0.05, 0.1) is 0 Å². The monoisotopic (exact) mass is 275 g/mol. The summed E-state index contributed by atoms with van der Waals surface area (Å²) in [7, 11) is 5.63. The second-order valence-electron chi connectivity index (χ2n) is 5.11. The fraction of sp³-hybridized carbons (Fsp3) is 0.118. The molecule has 0 saturated carbocycles. The predicted octanol–water partition coefficient (Wildman–Crippen LogP) is 2.34. The number of phenolic OH excluding ortho intramolecular Hbond substituents is 2. The molecule has 0 aliphatic carbocycles. The van der Waals surface area contributed by atoms with E-state index in [1.807, 2.05) is 18.2 Å². The van der Waals surface area contributed by atoms with E-state index in [9.17, 15) is 10.2 Å². The Labute approximate surface area is 124 Å². The van der Waals surface area contributed by atoms with Gasteiger partial charge in [-0.2, -0.15) is 0 Å². The van der Waals surface area contributed by atoms with Crippen LogP contribution in [0.3, 0.4) is 0 Å². The highest BCUT2D eigenvalue weighted by molar-refractivity contribution is 6.32. The van der Waals surface area contributed by atoms with E-state index in [1.54, 1.807) is 31.3 Å². The summed E-state index contributed by atoms with van der Waals surface area (Å²) in [5.74, 6) is 0.397. The molecule has 2 radical (unpaired) electrons. The number of benzene rings is 2. The minimum absolute atomic E-state index is 0.194. The van der Waals surface area contributed by atoms with Crippen molar-refractivity contribution in [3.05, 3.63) is 59.4 Å². The molecule has 3 aromatic rings. The van der Waals surface area contributed by atoms with Crippen molar-refractivity contribution in [3.63, 3.8) is 0 Å². The molecule has 0 aliphatic rings. The Balaban J connectivity index is 2.16. The van der Waals surface area contributed by atoms with Crippen LogP contribution in [0, 0.1) is 6.92 Å². The first-order valence-corrected chi connectivity index (χ1v) is 6.70. The largest absolute Gasteiger partial charge is 0.507 e. The van der Waals surface area contributed by atoms with E-state index < -0.39 is 0 Å². The molecule has 0 aliphatic heterocycles. The number of rotatable bonds is 2. The zero-order chi connectivity index (χ0) is 15.0. The second-order valence-corrected chi connectivity index (χ2v) is 5.11. The Morgan fingerprint density at radius 2 is 1.67 bits per heavy atom. The Morgan fingerprint density at radius 1 is 1.00 bits per heavy atom. The Morgan fingerprint density at radius 3 is 2.29 bits per heavy atom. The molecule has 21 heavy (non-hydrogen) atoms. The Bertz CT molecular complexity index is 813. The van der Waals surface area contributed by atoms with E-state index in [1.165, 1.54) is 0 Å². The van der Waals surface area contributed by atoms with E-state index >= 15 is 0 Å². The van der Waals surface area contributed by atoms with Crippen LogP contribution >= 0.6 is 0 Å². The summed E-state index contributed by atoms with van der Waals surface area (Å²) < 4.78 is 0. The maximum Gasteiger partial charge on any atom is 0.127 e. The van der Waals surface area contributed by atoms with Crippen molar-refractivity contribution in [2.75, 3.05) is 0 Å². The molecule has 0 saturated heterocycles. The number of hydrogen-bond acceptors (Lipinski definition) is 3. The van der Waals surface area contributed by atoms with Crippen molar-refractivity contribution in [2.24, 2.45) is 0 Å². The van der Waals surface area contributed by atoms with Crippen LogP contribution in [0.5, 0.6) is 11.5 Å². The summed E-state index contributed by atoms with van der Waals surface area (Å²) >= 11 is 0. The Hall–Kier alpha value is -2.49. The summed E-state index contributed by atoms with van der Waals surface area (Å²) in [6.07, 6.45) is 2.03. The Kier molecular flexibility index (Phi) is 3.30. The van der Waals surface area contributed by atoms with Gasteiger partial charge in [0.25, 0.3) is 0 Å². The predicted molar refractivity (Wildman–Crippen MR) is 84.4 cm³/mol. The number of aromatic hydroxyl groups is 2. The standard InChI is InChI=1S/C17H14BNO2/c1-10-15(8-12-7-6-11(18)9-19-12)17(21)14-5-3-2-4-13(14)16(10)20/h2-7,9,20-21H,8H2,1H3. The van der Waals surface area contributed by atoms with Gasteiger partial charge in [-0.3, -0.25) is 4.98 Å². The van der Waals surface area contributed by atoms with Crippen molar-refractivity contribution < 1.29 is 10.2 Å². The van der Waals surface area contributed by atoms with Gasteiger partial charge in [-0.15, -0.1) is 0 Å². The van der Waals surface area contributed by atoms with Gasteiger partial charge in [0.1, 0.15) is 19.3 Å². The molecule has 3 rings (SSSR count). The molecular formula is C17H14BNO2. The lowest BCUT2D eigenvalue weighted by Crippen LogP contribution is -2.05. The molecule has 0 unspecified atom stereocenters. The summed E-state index contributed by atoms with van der Waals surface area (Å²) in [6.45, 7) is 1.80. The fourth-order valence-corrected chi connectivity index (χ4v) is 2.52. The number of nitrogens with zero attached hydrogens (tertiary/aromatic N) is 1. The maximum absolute atomic E-state index is 10.5. The van der Waals surface area contributed by atoms with E-state index in [0.717, 1.165) is 5.69 Å². The first-order valence-electron chi connectivity index (χ1n) is 6.70. The molecule has 0 amide bonds. The van der Waals surface area contributed by atoms with Crippen molar-refractivity contribution in [3.8, 4) is 11.5 Å². The molecule has 102 valence electrons. The van der Waals surface area contributed by atoms with Crippen LogP contribution in [0.4, 0.5) is 0 Å². The summed E-state index contributed by atoms with van der Waals surface area (Å²) in [4.78, 5) is 4.25. The lowest BCUT2D eigenvalue weighted by Gasteiger charge is -2.14. The number of pyridine rings is 1. The van der Waals surface area contributed by atoms with Gasteiger partial charge in [0.2, 0.25) is 0 Å². The number of hydrogen-bond donors (Lipinski definition) is 2. The van der Waals surface area contributed by atoms with Crippen LogP contribution < -0.4 is 5.46 Å². The topological polar surface area (TPSA) is 53.4 Å². The third-order valence-corrected chi connectivity index (χ3v) is 3.74. The van der Waals surface area contributed by atoms with E-state index in [4.69, 9.17) is 7.85 Å². The minimum atomic E-state index is 0.194. The van der Waals surface area contributed by atoms with Gasteiger partial charge < -0.3 is 10.2 Å². The van der Waals surface area contributed by atoms with E-state index in [0.29, 0.717) is 33.8 Å².